The van der Waals surface area contributed by atoms with Crippen LogP contribution in [0.5, 0.6) is 0 Å². The molecule has 2 aromatic heterocycles. The van der Waals surface area contributed by atoms with Crippen molar-refractivity contribution in [3.8, 4) is 0 Å². The van der Waals surface area contributed by atoms with Crippen LogP contribution in [0, 0.1) is 18.8 Å². The van der Waals surface area contributed by atoms with Gasteiger partial charge in [-0.15, -0.1) is 0 Å². The summed E-state index contributed by atoms with van der Waals surface area (Å²) in [6.07, 6.45) is -2.99. The van der Waals surface area contributed by atoms with Crippen LogP contribution < -0.4 is 10.6 Å². The highest BCUT2D eigenvalue weighted by atomic mass is 19.4. The van der Waals surface area contributed by atoms with Gasteiger partial charge in [0.1, 0.15) is 11.6 Å². The maximum absolute atomic E-state index is 13.2. The van der Waals surface area contributed by atoms with Gasteiger partial charge in [-0.1, -0.05) is 0 Å². The second kappa shape index (κ2) is 5.07. The van der Waals surface area contributed by atoms with E-state index in [4.69, 9.17) is 5.73 Å². The molecule has 7 nitrogen and oxygen atoms in total. The largest absolute Gasteiger partial charge is 0.394 e. The Morgan fingerprint density at radius 3 is 2.61 bits per heavy atom. The minimum Gasteiger partial charge on any atom is -0.369 e. The summed E-state index contributed by atoms with van der Waals surface area (Å²) in [5.74, 6) is -3.29. The molecule has 10 heteroatoms. The summed E-state index contributed by atoms with van der Waals surface area (Å²) < 4.78 is 41.0. The van der Waals surface area contributed by atoms with E-state index in [1.54, 1.807) is 14.0 Å². The summed E-state index contributed by atoms with van der Waals surface area (Å²) in [6.45, 7) is 1.16. The second-order valence-corrected chi connectivity index (χ2v) is 5.66. The van der Waals surface area contributed by atoms with Gasteiger partial charge in [-0.3, -0.25) is 9.48 Å². The van der Waals surface area contributed by atoms with E-state index in [-0.39, 0.29) is 13.1 Å². The molecule has 2 atom stereocenters. The van der Waals surface area contributed by atoms with Crippen molar-refractivity contribution in [1.29, 1.82) is 0 Å². The summed E-state index contributed by atoms with van der Waals surface area (Å²) in [5, 5.41) is 4.61. The van der Waals surface area contributed by atoms with Crippen molar-refractivity contribution in [3.05, 3.63) is 12.0 Å². The molecule has 0 aromatic carbocycles. The van der Waals surface area contributed by atoms with Crippen molar-refractivity contribution in [2.45, 2.75) is 13.1 Å². The van der Waals surface area contributed by atoms with Crippen molar-refractivity contribution in [1.82, 2.24) is 19.7 Å². The van der Waals surface area contributed by atoms with Crippen LogP contribution in [0.2, 0.25) is 0 Å². The van der Waals surface area contributed by atoms with Crippen LogP contribution in [0.1, 0.15) is 5.82 Å². The average molecular weight is 328 g/mol. The number of aryl methyl sites for hydroxylation is 2. The molecule has 1 amide bonds. The molecule has 1 saturated heterocycles. The number of halogens is 3. The molecule has 1 aliphatic rings. The monoisotopic (exact) mass is 328 g/mol. The lowest BCUT2D eigenvalue weighted by molar-refractivity contribution is -0.181. The predicted molar refractivity (Wildman–Crippen MR) is 75.5 cm³/mol. The maximum Gasteiger partial charge on any atom is 0.394 e. The highest BCUT2D eigenvalue weighted by molar-refractivity contribution is 5.88. The van der Waals surface area contributed by atoms with Crippen molar-refractivity contribution < 1.29 is 18.0 Å². The second-order valence-electron chi connectivity index (χ2n) is 5.66. The molecule has 0 aliphatic carbocycles. The van der Waals surface area contributed by atoms with Crippen LogP contribution in [0.4, 0.5) is 19.0 Å². The minimum absolute atomic E-state index is 0.125. The number of fused-ring (bicyclic) bond motifs is 1. The van der Waals surface area contributed by atoms with Gasteiger partial charge >= 0.3 is 6.18 Å². The fraction of sp³-hybridized carbons (Fsp3) is 0.538. The number of amides is 1. The molecule has 23 heavy (non-hydrogen) atoms. The Balaban J connectivity index is 2.05. The maximum atomic E-state index is 13.2. The van der Waals surface area contributed by atoms with Crippen molar-refractivity contribution in [3.63, 3.8) is 0 Å². The van der Waals surface area contributed by atoms with Crippen molar-refractivity contribution in [2.75, 3.05) is 18.0 Å². The molecule has 2 aromatic rings. The van der Waals surface area contributed by atoms with Gasteiger partial charge in [-0.2, -0.15) is 18.3 Å². The van der Waals surface area contributed by atoms with Crippen LogP contribution in [0.15, 0.2) is 6.20 Å². The summed E-state index contributed by atoms with van der Waals surface area (Å²) in [7, 11) is 1.69. The van der Waals surface area contributed by atoms with Gasteiger partial charge in [0.05, 0.1) is 23.4 Å². The molecule has 0 saturated carbocycles. The Morgan fingerprint density at radius 2 is 2.04 bits per heavy atom. The van der Waals surface area contributed by atoms with E-state index in [2.05, 4.69) is 15.1 Å². The minimum atomic E-state index is -4.50. The standard InChI is InChI=1S/C13H15F3N6O/c1-6-19-11-7(3-18-21(11)2)12(20-6)22-4-8(10(17)23)9(5-22)13(14,15)16/h3,8-9H,4-5H2,1-2H3,(H2,17,23)/t8-,9-/m1/s1. The zero-order chi connectivity index (χ0) is 16.9. The smallest absolute Gasteiger partial charge is 0.369 e. The first-order valence-corrected chi connectivity index (χ1v) is 6.96. The molecule has 1 aliphatic heterocycles. The number of rotatable bonds is 2. The van der Waals surface area contributed by atoms with Gasteiger partial charge in [-0.05, 0) is 6.92 Å². The van der Waals surface area contributed by atoms with Crippen molar-refractivity contribution >= 4 is 22.8 Å². The number of anilines is 1. The lowest BCUT2D eigenvalue weighted by atomic mass is 9.95. The highest BCUT2D eigenvalue weighted by Gasteiger charge is 2.52. The van der Waals surface area contributed by atoms with E-state index in [1.165, 1.54) is 15.8 Å². The lowest BCUT2D eigenvalue weighted by Gasteiger charge is -2.19. The first kappa shape index (κ1) is 15.5. The number of nitrogens with zero attached hydrogens (tertiary/aromatic N) is 5. The van der Waals surface area contributed by atoms with E-state index in [1.807, 2.05) is 0 Å². The molecule has 124 valence electrons. The zero-order valence-corrected chi connectivity index (χ0v) is 12.5. The first-order chi connectivity index (χ1) is 10.7. The third kappa shape index (κ3) is 2.57. The number of alkyl halides is 3. The fourth-order valence-corrected chi connectivity index (χ4v) is 2.95. The topological polar surface area (TPSA) is 89.9 Å². The van der Waals surface area contributed by atoms with Gasteiger partial charge in [0.15, 0.2) is 5.65 Å². The molecule has 2 N–H and O–H groups in total. The molecule has 0 unspecified atom stereocenters. The van der Waals surface area contributed by atoms with Gasteiger partial charge < -0.3 is 10.6 Å². The summed E-state index contributed by atoms with van der Waals surface area (Å²) in [6, 6.07) is 0. The number of hydrogen-bond donors (Lipinski definition) is 1. The quantitative estimate of drug-likeness (QED) is 0.879. The van der Waals surface area contributed by atoms with E-state index >= 15 is 0 Å². The number of aromatic nitrogens is 4. The molecule has 0 radical (unpaired) electrons. The Labute approximate surface area is 129 Å². The van der Waals surface area contributed by atoms with Crippen LogP contribution in [0.3, 0.4) is 0 Å². The fourth-order valence-electron chi connectivity index (χ4n) is 2.95. The normalized spacial score (nSPS) is 22.0. The van der Waals surface area contributed by atoms with Gasteiger partial charge in [0, 0.05) is 20.1 Å². The number of carbonyl (C=O) groups excluding carboxylic acids is 1. The summed E-state index contributed by atoms with van der Waals surface area (Å²) in [5.41, 5.74) is 5.68. The Kier molecular flexibility index (Phi) is 3.42. The lowest BCUT2D eigenvalue weighted by Crippen LogP contribution is -2.37. The Bertz CT molecular complexity index is 771. The third-order valence-corrected chi connectivity index (χ3v) is 4.09. The number of hydrogen-bond acceptors (Lipinski definition) is 5. The molecule has 3 heterocycles. The summed E-state index contributed by atoms with van der Waals surface area (Å²) >= 11 is 0. The van der Waals surface area contributed by atoms with Gasteiger partial charge in [-0.25, -0.2) is 9.97 Å². The Hall–Kier alpha value is -2.39. The number of primary amides is 1. The van der Waals surface area contributed by atoms with Crippen LogP contribution in [0.25, 0.3) is 11.0 Å². The molecular formula is C13H15F3N6O. The van der Waals surface area contributed by atoms with E-state index in [9.17, 15) is 18.0 Å². The van der Waals surface area contributed by atoms with E-state index in [0.717, 1.165) is 0 Å². The number of carbonyl (C=O) groups is 1. The number of nitrogens with two attached hydrogens (primary N) is 1. The molecule has 0 bridgehead atoms. The predicted octanol–water partition coefficient (Wildman–Crippen LogP) is 0.772. The van der Waals surface area contributed by atoms with Gasteiger partial charge in [0.25, 0.3) is 0 Å². The molecule has 3 rings (SSSR count). The molecule has 0 spiro atoms. The third-order valence-electron chi connectivity index (χ3n) is 4.09. The average Bonchev–Trinajstić information content (AvgIpc) is 3.03. The highest BCUT2D eigenvalue weighted by Crippen LogP contribution is 2.40. The first-order valence-electron chi connectivity index (χ1n) is 6.96. The zero-order valence-electron chi connectivity index (χ0n) is 12.5. The molecule has 1 fully saturated rings. The van der Waals surface area contributed by atoms with Crippen LogP contribution in [-0.4, -0.2) is 44.9 Å². The SMILES string of the molecule is Cc1nc(N2C[C@@H](C(F)(F)F)[C@H](C(N)=O)C2)c2cnn(C)c2n1. The Morgan fingerprint density at radius 1 is 1.35 bits per heavy atom. The molecular weight excluding hydrogens is 313 g/mol. The van der Waals surface area contributed by atoms with Crippen molar-refractivity contribution in [2.24, 2.45) is 24.6 Å². The van der Waals surface area contributed by atoms with E-state index in [0.29, 0.717) is 22.7 Å². The van der Waals surface area contributed by atoms with Gasteiger partial charge in [0.2, 0.25) is 5.91 Å². The van der Waals surface area contributed by atoms with Crippen LogP contribution >= 0.6 is 0 Å². The van der Waals surface area contributed by atoms with Crippen LogP contribution in [-0.2, 0) is 11.8 Å². The summed E-state index contributed by atoms with van der Waals surface area (Å²) in [4.78, 5) is 21.3. The van der Waals surface area contributed by atoms with E-state index < -0.39 is 23.9 Å².